The largest absolute Gasteiger partial charge is 0.508 e. The standard InChI is InChI=1S/C9H8FNO3/c1-14-8-3-2-6(13)4-7(8)9(10)11-5-12/h2-4,9,13H,1H3. The van der Waals surface area contributed by atoms with Crippen molar-refractivity contribution in [3.8, 4) is 11.5 Å². The number of carbonyl (C=O) groups excluding carboxylic acids is 1. The molecule has 74 valence electrons. The van der Waals surface area contributed by atoms with Crippen LogP contribution in [0, 0.1) is 0 Å². The molecule has 0 saturated carbocycles. The highest BCUT2D eigenvalue weighted by Gasteiger charge is 2.14. The SMILES string of the molecule is COc1ccc(O)cc1C(F)N=C=O. The normalized spacial score (nSPS) is 11.6. The lowest BCUT2D eigenvalue weighted by molar-refractivity contribution is 0.332. The van der Waals surface area contributed by atoms with Gasteiger partial charge >= 0.3 is 0 Å². The van der Waals surface area contributed by atoms with E-state index < -0.39 is 6.30 Å². The number of aromatic hydroxyl groups is 1. The molecule has 1 rings (SSSR count). The maximum Gasteiger partial charge on any atom is 0.238 e. The number of hydrogen-bond acceptors (Lipinski definition) is 4. The van der Waals surface area contributed by atoms with E-state index in [0.717, 1.165) is 12.1 Å². The van der Waals surface area contributed by atoms with E-state index in [4.69, 9.17) is 9.84 Å². The van der Waals surface area contributed by atoms with Gasteiger partial charge in [-0.1, -0.05) is 0 Å². The number of phenols is 1. The lowest BCUT2D eigenvalue weighted by atomic mass is 10.2. The van der Waals surface area contributed by atoms with E-state index in [2.05, 4.69) is 4.99 Å². The van der Waals surface area contributed by atoms with E-state index in [0.29, 0.717) is 0 Å². The van der Waals surface area contributed by atoms with Gasteiger partial charge in [0.15, 0.2) is 0 Å². The van der Waals surface area contributed by atoms with E-state index in [-0.39, 0.29) is 17.1 Å². The van der Waals surface area contributed by atoms with E-state index in [1.54, 1.807) is 0 Å². The molecule has 1 aromatic rings. The zero-order valence-electron chi connectivity index (χ0n) is 7.40. The van der Waals surface area contributed by atoms with Crippen LogP contribution in [0.25, 0.3) is 0 Å². The second-order valence-electron chi connectivity index (χ2n) is 2.48. The number of hydrogen-bond donors (Lipinski definition) is 1. The number of halogens is 1. The topological polar surface area (TPSA) is 58.9 Å². The number of aliphatic imine (C=N–C) groups is 1. The van der Waals surface area contributed by atoms with Gasteiger partial charge in [-0.3, -0.25) is 0 Å². The van der Waals surface area contributed by atoms with Gasteiger partial charge in [0.1, 0.15) is 11.5 Å². The Kier molecular flexibility index (Phi) is 3.20. The fraction of sp³-hybridized carbons (Fsp3) is 0.222. The summed E-state index contributed by atoms with van der Waals surface area (Å²) in [4.78, 5) is 12.7. The summed E-state index contributed by atoms with van der Waals surface area (Å²) < 4.78 is 18.0. The summed E-state index contributed by atoms with van der Waals surface area (Å²) in [5.41, 5.74) is -0.00384. The molecule has 0 fully saturated rings. The molecule has 1 aromatic carbocycles. The Balaban J connectivity index is 3.15. The smallest absolute Gasteiger partial charge is 0.238 e. The Bertz CT molecular complexity index is 374. The molecule has 0 saturated heterocycles. The van der Waals surface area contributed by atoms with Gasteiger partial charge in [-0.25, -0.2) is 9.18 Å². The van der Waals surface area contributed by atoms with E-state index >= 15 is 0 Å². The lowest BCUT2D eigenvalue weighted by Gasteiger charge is -2.08. The number of alkyl halides is 1. The van der Waals surface area contributed by atoms with Crippen molar-refractivity contribution in [3.05, 3.63) is 23.8 Å². The van der Waals surface area contributed by atoms with Gasteiger partial charge in [-0.2, -0.15) is 4.99 Å². The Morgan fingerprint density at radius 1 is 1.64 bits per heavy atom. The minimum Gasteiger partial charge on any atom is -0.508 e. The summed E-state index contributed by atoms with van der Waals surface area (Å²) >= 11 is 0. The quantitative estimate of drug-likeness (QED) is 0.455. The van der Waals surface area contributed by atoms with Crippen molar-refractivity contribution in [3.63, 3.8) is 0 Å². The molecule has 5 heteroatoms. The molecule has 1 atom stereocenters. The molecular formula is C9H8FNO3. The fourth-order valence-electron chi connectivity index (χ4n) is 1.02. The molecule has 0 bridgehead atoms. The molecule has 0 aliphatic rings. The summed E-state index contributed by atoms with van der Waals surface area (Å²) in [6.45, 7) is 0. The minimum absolute atomic E-state index is 0.00384. The van der Waals surface area contributed by atoms with E-state index in [1.165, 1.54) is 19.2 Å². The second kappa shape index (κ2) is 4.39. The average molecular weight is 197 g/mol. The van der Waals surface area contributed by atoms with Gasteiger partial charge in [0, 0.05) is 0 Å². The van der Waals surface area contributed by atoms with Gasteiger partial charge in [0.25, 0.3) is 0 Å². The highest BCUT2D eigenvalue weighted by Crippen LogP contribution is 2.31. The first-order valence-corrected chi connectivity index (χ1v) is 3.77. The summed E-state index contributed by atoms with van der Waals surface area (Å²) in [5.74, 6) is 0.0962. The summed E-state index contributed by atoms with van der Waals surface area (Å²) in [5, 5.41) is 9.09. The number of ether oxygens (including phenoxy) is 1. The number of rotatable bonds is 3. The van der Waals surface area contributed by atoms with Crippen molar-refractivity contribution in [1.29, 1.82) is 0 Å². The number of isocyanates is 1. The molecule has 14 heavy (non-hydrogen) atoms. The predicted molar refractivity (Wildman–Crippen MR) is 46.6 cm³/mol. The van der Waals surface area contributed by atoms with Crippen molar-refractivity contribution >= 4 is 6.08 Å². The number of benzene rings is 1. The Hall–Kier alpha value is -1.87. The van der Waals surface area contributed by atoms with E-state index in [1.807, 2.05) is 0 Å². The first kappa shape index (κ1) is 10.2. The van der Waals surface area contributed by atoms with Crippen LogP contribution in [0.2, 0.25) is 0 Å². The summed E-state index contributed by atoms with van der Waals surface area (Å²) in [6, 6.07) is 3.88. The molecule has 0 amide bonds. The van der Waals surface area contributed by atoms with Crippen LogP contribution in [-0.2, 0) is 4.79 Å². The predicted octanol–water partition coefficient (Wildman–Crippen LogP) is 1.70. The van der Waals surface area contributed by atoms with Crippen molar-refractivity contribution < 1.29 is 19.0 Å². The van der Waals surface area contributed by atoms with E-state index in [9.17, 15) is 9.18 Å². The van der Waals surface area contributed by atoms with Crippen LogP contribution >= 0.6 is 0 Å². The summed E-state index contributed by atoms with van der Waals surface area (Å²) in [6.07, 6.45) is -0.767. The highest BCUT2D eigenvalue weighted by atomic mass is 19.1. The van der Waals surface area contributed by atoms with Crippen molar-refractivity contribution in [2.24, 2.45) is 4.99 Å². The fourth-order valence-corrected chi connectivity index (χ4v) is 1.02. The average Bonchev–Trinajstić information content (AvgIpc) is 2.18. The second-order valence-corrected chi connectivity index (χ2v) is 2.48. The molecule has 0 aromatic heterocycles. The molecule has 0 aliphatic carbocycles. The maximum absolute atomic E-state index is 13.1. The highest BCUT2D eigenvalue weighted by molar-refractivity contribution is 5.43. The Morgan fingerprint density at radius 2 is 2.36 bits per heavy atom. The molecule has 0 heterocycles. The number of methoxy groups -OCH3 is 1. The molecule has 0 aliphatic heterocycles. The monoisotopic (exact) mass is 197 g/mol. The van der Waals surface area contributed by atoms with Crippen LogP contribution in [0.5, 0.6) is 11.5 Å². The molecular weight excluding hydrogens is 189 g/mol. The van der Waals surface area contributed by atoms with Crippen LogP contribution in [0.3, 0.4) is 0 Å². The molecule has 1 N–H and O–H groups in total. The van der Waals surface area contributed by atoms with Gasteiger partial charge in [0.2, 0.25) is 12.4 Å². The zero-order chi connectivity index (χ0) is 10.6. The first-order chi connectivity index (χ1) is 6.69. The van der Waals surface area contributed by atoms with Crippen molar-refractivity contribution in [2.45, 2.75) is 6.30 Å². The van der Waals surface area contributed by atoms with Crippen LogP contribution in [0.4, 0.5) is 4.39 Å². The maximum atomic E-state index is 13.1. The van der Waals surface area contributed by atoms with Gasteiger partial charge in [-0.15, -0.1) is 0 Å². The molecule has 0 radical (unpaired) electrons. The summed E-state index contributed by atoms with van der Waals surface area (Å²) in [7, 11) is 1.35. The number of phenolic OH excluding ortho intramolecular Hbond substituents is 1. The lowest BCUT2D eigenvalue weighted by Crippen LogP contribution is -1.93. The molecule has 0 spiro atoms. The Morgan fingerprint density at radius 3 is 2.93 bits per heavy atom. The minimum atomic E-state index is -1.87. The van der Waals surface area contributed by atoms with Crippen LogP contribution in [0.15, 0.2) is 23.2 Å². The third kappa shape index (κ3) is 2.08. The van der Waals surface area contributed by atoms with Crippen LogP contribution < -0.4 is 4.74 Å². The van der Waals surface area contributed by atoms with Crippen molar-refractivity contribution in [2.75, 3.05) is 7.11 Å². The van der Waals surface area contributed by atoms with Crippen LogP contribution in [0.1, 0.15) is 11.9 Å². The third-order valence-electron chi connectivity index (χ3n) is 1.64. The third-order valence-corrected chi connectivity index (χ3v) is 1.64. The zero-order valence-corrected chi connectivity index (χ0v) is 7.40. The molecule has 1 unspecified atom stereocenters. The Labute approximate surface area is 79.7 Å². The van der Waals surface area contributed by atoms with Crippen LogP contribution in [-0.4, -0.2) is 18.3 Å². The van der Waals surface area contributed by atoms with Gasteiger partial charge < -0.3 is 9.84 Å². The van der Waals surface area contributed by atoms with Gasteiger partial charge in [0.05, 0.1) is 12.7 Å². The molecule has 4 nitrogen and oxygen atoms in total. The van der Waals surface area contributed by atoms with Crippen molar-refractivity contribution in [1.82, 2.24) is 0 Å². The number of nitrogens with zero attached hydrogens (tertiary/aromatic N) is 1. The van der Waals surface area contributed by atoms with Gasteiger partial charge in [-0.05, 0) is 18.2 Å². The first-order valence-electron chi connectivity index (χ1n) is 3.77.